The lowest BCUT2D eigenvalue weighted by Gasteiger charge is -2.27. The van der Waals surface area contributed by atoms with E-state index in [0.717, 1.165) is 12.8 Å². The van der Waals surface area contributed by atoms with Crippen LogP contribution in [0.1, 0.15) is 50.2 Å². The summed E-state index contributed by atoms with van der Waals surface area (Å²) in [7, 11) is 0. The van der Waals surface area contributed by atoms with Gasteiger partial charge in [-0.25, -0.2) is 0 Å². The lowest BCUT2D eigenvalue weighted by atomic mass is 9.93. The van der Waals surface area contributed by atoms with Crippen LogP contribution in [-0.4, -0.2) is 22.3 Å². The topological polar surface area (TPSA) is 74.2 Å². The van der Waals surface area contributed by atoms with Gasteiger partial charge in [0.2, 0.25) is 0 Å². The van der Waals surface area contributed by atoms with Crippen LogP contribution in [0.5, 0.6) is 0 Å². The van der Waals surface area contributed by atoms with Crippen LogP contribution in [0, 0.1) is 6.92 Å². The van der Waals surface area contributed by atoms with Crippen LogP contribution >= 0.6 is 0 Å². The van der Waals surface area contributed by atoms with Gasteiger partial charge in [-0.15, -0.1) is 0 Å². The lowest BCUT2D eigenvalue weighted by Crippen LogP contribution is -2.43. The van der Waals surface area contributed by atoms with Crippen molar-refractivity contribution >= 4 is 0 Å². The van der Waals surface area contributed by atoms with Crippen molar-refractivity contribution in [3.63, 3.8) is 0 Å². The van der Waals surface area contributed by atoms with Gasteiger partial charge in [-0.05, 0) is 19.8 Å². The molecule has 0 unspecified atom stereocenters. The molecule has 1 heterocycles. The number of rotatable bonds is 4. The molecule has 1 aliphatic carbocycles. The molecular weight excluding hydrogens is 218 g/mol. The van der Waals surface area contributed by atoms with Crippen LogP contribution < -0.4 is 5.73 Å². The van der Waals surface area contributed by atoms with Crippen LogP contribution in [0.4, 0.5) is 0 Å². The molecule has 0 atom stereocenters. The second kappa shape index (κ2) is 5.60. The summed E-state index contributed by atoms with van der Waals surface area (Å²) < 4.78 is 10.6. The molecule has 0 radical (unpaired) electrons. The van der Waals surface area contributed by atoms with E-state index in [4.69, 9.17) is 15.0 Å². The van der Waals surface area contributed by atoms with Crippen molar-refractivity contribution in [3.05, 3.63) is 11.7 Å². The fourth-order valence-electron chi connectivity index (χ4n) is 2.32. The van der Waals surface area contributed by atoms with E-state index in [0.29, 0.717) is 24.9 Å². The zero-order valence-electron chi connectivity index (χ0n) is 10.4. The van der Waals surface area contributed by atoms with Crippen molar-refractivity contribution in [2.24, 2.45) is 5.73 Å². The predicted octanol–water partition coefficient (Wildman–Crippen LogP) is 1.95. The molecule has 0 spiro atoms. The second-order valence-electron chi connectivity index (χ2n) is 5.00. The normalized spacial score (nSPS) is 20.1. The minimum Gasteiger partial charge on any atom is -0.370 e. The maximum Gasteiger partial charge on any atom is 0.252 e. The summed E-state index contributed by atoms with van der Waals surface area (Å²) in [6.07, 6.45) is 7.11. The van der Waals surface area contributed by atoms with Gasteiger partial charge in [0.05, 0.1) is 6.61 Å². The van der Waals surface area contributed by atoms with Gasteiger partial charge in [-0.2, -0.15) is 4.98 Å². The van der Waals surface area contributed by atoms with Crippen LogP contribution in [0.15, 0.2) is 4.52 Å². The molecule has 1 aliphatic rings. The first-order valence-electron chi connectivity index (χ1n) is 6.34. The average Bonchev–Trinajstić information content (AvgIpc) is 2.58. The number of ether oxygens (including phenoxy) is 1. The zero-order valence-corrected chi connectivity index (χ0v) is 10.4. The summed E-state index contributed by atoms with van der Waals surface area (Å²) >= 11 is 0. The second-order valence-corrected chi connectivity index (χ2v) is 5.00. The minimum absolute atomic E-state index is 0.161. The SMILES string of the molecule is Cc1noc(COCC2(N)CCCCCC2)n1. The van der Waals surface area contributed by atoms with Crippen molar-refractivity contribution in [1.29, 1.82) is 0 Å². The first-order valence-corrected chi connectivity index (χ1v) is 6.34. The Balaban J connectivity index is 1.76. The van der Waals surface area contributed by atoms with Gasteiger partial charge in [0.25, 0.3) is 5.89 Å². The van der Waals surface area contributed by atoms with Gasteiger partial charge in [-0.3, -0.25) is 0 Å². The quantitative estimate of drug-likeness (QED) is 0.813. The maximum atomic E-state index is 6.34. The molecule has 0 aliphatic heterocycles. The molecule has 17 heavy (non-hydrogen) atoms. The van der Waals surface area contributed by atoms with Gasteiger partial charge in [-0.1, -0.05) is 30.8 Å². The Kier molecular flexibility index (Phi) is 4.12. The third kappa shape index (κ3) is 3.78. The van der Waals surface area contributed by atoms with E-state index < -0.39 is 0 Å². The zero-order chi connectivity index (χ0) is 12.1. The van der Waals surface area contributed by atoms with Crippen molar-refractivity contribution < 1.29 is 9.26 Å². The number of nitrogens with zero attached hydrogens (tertiary/aromatic N) is 2. The molecule has 1 aromatic rings. The van der Waals surface area contributed by atoms with E-state index >= 15 is 0 Å². The van der Waals surface area contributed by atoms with Crippen LogP contribution in [0.2, 0.25) is 0 Å². The molecule has 96 valence electrons. The van der Waals surface area contributed by atoms with Crippen LogP contribution in [0.3, 0.4) is 0 Å². The molecule has 0 amide bonds. The molecule has 1 fully saturated rings. The summed E-state index contributed by atoms with van der Waals surface area (Å²) in [4.78, 5) is 4.09. The van der Waals surface area contributed by atoms with E-state index in [9.17, 15) is 0 Å². The Bertz CT molecular complexity index is 343. The Labute approximate surface area is 102 Å². The summed E-state index contributed by atoms with van der Waals surface area (Å²) in [5.74, 6) is 1.17. The molecular formula is C12H21N3O2. The van der Waals surface area contributed by atoms with Crippen molar-refractivity contribution in [3.8, 4) is 0 Å². The monoisotopic (exact) mass is 239 g/mol. The number of nitrogens with two attached hydrogens (primary N) is 1. The third-order valence-electron chi connectivity index (χ3n) is 3.28. The van der Waals surface area contributed by atoms with Crippen molar-refractivity contribution in [2.45, 2.75) is 57.6 Å². The largest absolute Gasteiger partial charge is 0.370 e. The van der Waals surface area contributed by atoms with Crippen molar-refractivity contribution in [2.75, 3.05) is 6.61 Å². The van der Waals surface area contributed by atoms with Gasteiger partial charge >= 0.3 is 0 Å². The Morgan fingerprint density at radius 1 is 1.29 bits per heavy atom. The van der Waals surface area contributed by atoms with E-state index in [1.165, 1.54) is 25.7 Å². The van der Waals surface area contributed by atoms with E-state index in [1.807, 2.05) is 0 Å². The molecule has 1 aromatic heterocycles. The van der Waals surface area contributed by atoms with Crippen LogP contribution in [0.25, 0.3) is 0 Å². The van der Waals surface area contributed by atoms with Gasteiger partial charge < -0.3 is 15.0 Å². The fraction of sp³-hybridized carbons (Fsp3) is 0.833. The first-order chi connectivity index (χ1) is 8.18. The number of aromatic nitrogens is 2. The number of hydrogen-bond acceptors (Lipinski definition) is 5. The van der Waals surface area contributed by atoms with Gasteiger partial charge in [0.15, 0.2) is 5.82 Å². The average molecular weight is 239 g/mol. The van der Waals surface area contributed by atoms with Gasteiger partial charge in [0.1, 0.15) is 6.61 Å². The molecule has 5 heteroatoms. The predicted molar refractivity (Wildman–Crippen MR) is 63.3 cm³/mol. The molecule has 2 N–H and O–H groups in total. The molecule has 5 nitrogen and oxygen atoms in total. The lowest BCUT2D eigenvalue weighted by molar-refractivity contribution is 0.0517. The first kappa shape index (κ1) is 12.5. The Morgan fingerprint density at radius 2 is 2.00 bits per heavy atom. The summed E-state index contributed by atoms with van der Waals surface area (Å²) in [6, 6.07) is 0. The summed E-state index contributed by atoms with van der Waals surface area (Å²) in [5.41, 5.74) is 6.18. The smallest absolute Gasteiger partial charge is 0.252 e. The van der Waals surface area contributed by atoms with Crippen LogP contribution in [-0.2, 0) is 11.3 Å². The molecule has 1 saturated carbocycles. The van der Waals surface area contributed by atoms with E-state index in [2.05, 4.69) is 10.1 Å². The molecule has 0 aromatic carbocycles. The highest BCUT2D eigenvalue weighted by Gasteiger charge is 2.26. The number of aryl methyl sites for hydroxylation is 1. The van der Waals surface area contributed by atoms with Crippen molar-refractivity contribution in [1.82, 2.24) is 10.1 Å². The maximum absolute atomic E-state index is 6.34. The molecule has 0 bridgehead atoms. The highest BCUT2D eigenvalue weighted by atomic mass is 16.5. The Hall–Kier alpha value is -0.940. The molecule has 0 saturated heterocycles. The summed E-state index contributed by atoms with van der Waals surface area (Å²) in [6.45, 7) is 2.73. The van der Waals surface area contributed by atoms with E-state index in [-0.39, 0.29) is 5.54 Å². The fourth-order valence-corrected chi connectivity index (χ4v) is 2.32. The number of hydrogen-bond donors (Lipinski definition) is 1. The molecule has 2 rings (SSSR count). The third-order valence-corrected chi connectivity index (χ3v) is 3.28. The minimum atomic E-state index is -0.161. The highest BCUT2D eigenvalue weighted by Crippen LogP contribution is 2.25. The standard InChI is InChI=1S/C12H21N3O2/c1-10-14-11(17-15-10)8-16-9-12(13)6-4-2-3-5-7-12/h2-9,13H2,1H3. The highest BCUT2D eigenvalue weighted by molar-refractivity contribution is 4.86. The summed E-state index contributed by atoms with van der Waals surface area (Å²) in [5, 5.41) is 3.72. The Morgan fingerprint density at radius 3 is 2.59 bits per heavy atom. The van der Waals surface area contributed by atoms with E-state index in [1.54, 1.807) is 6.92 Å². The van der Waals surface area contributed by atoms with Gasteiger partial charge in [0, 0.05) is 5.54 Å².